The first-order valence-corrected chi connectivity index (χ1v) is 11.3. The van der Waals surface area contributed by atoms with Gasteiger partial charge in [0.05, 0.1) is 42.0 Å². The third kappa shape index (κ3) is 5.45. The molecule has 0 aliphatic carbocycles. The molecule has 0 bridgehead atoms. The molecule has 0 radical (unpaired) electrons. The van der Waals surface area contributed by atoms with E-state index >= 15 is 0 Å². The van der Waals surface area contributed by atoms with Gasteiger partial charge in [0.15, 0.2) is 0 Å². The summed E-state index contributed by atoms with van der Waals surface area (Å²) in [5.41, 5.74) is 0.940. The van der Waals surface area contributed by atoms with Gasteiger partial charge in [0.25, 0.3) is 0 Å². The first-order valence-electron chi connectivity index (χ1n) is 11.3. The molecule has 7 nitrogen and oxygen atoms in total. The van der Waals surface area contributed by atoms with Crippen molar-refractivity contribution in [2.24, 2.45) is 0 Å². The molecule has 0 aliphatic rings. The van der Waals surface area contributed by atoms with E-state index in [-0.39, 0.29) is 12.2 Å². The fourth-order valence-electron chi connectivity index (χ4n) is 4.20. The van der Waals surface area contributed by atoms with E-state index in [1.54, 1.807) is 48.7 Å². The Hall–Kier alpha value is -3.88. The summed E-state index contributed by atoms with van der Waals surface area (Å²) in [6.45, 7) is -0.934. The van der Waals surface area contributed by atoms with Crippen LogP contribution in [-0.4, -0.2) is 44.3 Å². The van der Waals surface area contributed by atoms with Crippen molar-refractivity contribution < 1.29 is 38.3 Å². The molecule has 1 unspecified atom stereocenters. The Balaban J connectivity index is 1.68. The number of rotatable bonds is 8. The number of aliphatic hydroxyl groups excluding tert-OH is 4. The molecule has 0 spiro atoms. The Labute approximate surface area is 209 Å². The fourth-order valence-corrected chi connectivity index (χ4v) is 4.20. The highest BCUT2D eigenvalue weighted by Gasteiger charge is 2.33. The molecule has 192 valence electrons. The first-order chi connectivity index (χ1) is 17.7. The predicted octanol–water partition coefficient (Wildman–Crippen LogP) is 4.23. The van der Waals surface area contributed by atoms with Gasteiger partial charge in [0.1, 0.15) is 17.6 Å². The van der Waals surface area contributed by atoms with Gasteiger partial charge in [-0.1, -0.05) is 12.1 Å². The molecule has 0 aliphatic heterocycles. The summed E-state index contributed by atoms with van der Waals surface area (Å²) >= 11 is 0. The van der Waals surface area contributed by atoms with Gasteiger partial charge < -0.3 is 29.7 Å². The van der Waals surface area contributed by atoms with Crippen molar-refractivity contribution in [3.8, 4) is 23.3 Å². The average Bonchev–Trinajstić information content (AvgIpc) is 3.26. The van der Waals surface area contributed by atoms with Gasteiger partial charge in [-0.15, -0.1) is 0 Å². The van der Waals surface area contributed by atoms with E-state index in [1.807, 2.05) is 10.6 Å². The van der Waals surface area contributed by atoms with Crippen molar-refractivity contribution in [1.29, 1.82) is 5.26 Å². The van der Waals surface area contributed by atoms with Crippen LogP contribution in [0.4, 0.5) is 13.2 Å². The molecule has 37 heavy (non-hydrogen) atoms. The van der Waals surface area contributed by atoms with E-state index < -0.39 is 42.7 Å². The highest BCUT2D eigenvalue weighted by molar-refractivity contribution is 5.89. The van der Waals surface area contributed by atoms with Crippen LogP contribution in [0.1, 0.15) is 28.4 Å². The van der Waals surface area contributed by atoms with Crippen molar-refractivity contribution in [2.75, 3.05) is 13.2 Å². The number of aromatic nitrogens is 1. The lowest BCUT2D eigenvalue weighted by atomic mass is 9.99. The van der Waals surface area contributed by atoms with Gasteiger partial charge in [-0.2, -0.15) is 18.4 Å². The van der Waals surface area contributed by atoms with Crippen molar-refractivity contribution >= 4 is 10.9 Å². The molecule has 1 aromatic heterocycles. The minimum atomic E-state index is -4.65. The molecule has 10 heteroatoms. The van der Waals surface area contributed by atoms with Crippen LogP contribution in [0, 0.1) is 11.3 Å². The number of nitriles is 1. The van der Waals surface area contributed by atoms with Gasteiger partial charge >= 0.3 is 6.18 Å². The van der Waals surface area contributed by atoms with E-state index in [2.05, 4.69) is 0 Å². The van der Waals surface area contributed by atoms with Crippen molar-refractivity contribution in [1.82, 2.24) is 4.57 Å². The highest BCUT2D eigenvalue weighted by atomic mass is 19.4. The Bertz CT molecular complexity index is 1440. The van der Waals surface area contributed by atoms with Gasteiger partial charge in [-0.3, -0.25) is 0 Å². The number of hydrogen-bond acceptors (Lipinski definition) is 6. The Kier molecular flexibility index (Phi) is 7.52. The van der Waals surface area contributed by atoms with Crippen molar-refractivity contribution in [3.63, 3.8) is 0 Å². The zero-order valence-electron chi connectivity index (χ0n) is 19.4. The van der Waals surface area contributed by atoms with Gasteiger partial charge in [-0.05, 0) is 59.7 Å². The van der Waals surface area contributed by atoms with Crippen molar-refractivity contribution in [2.45, 2.75) is 24.8 Å². The highest BCUT2D eigenvalue weighted by Crippen LogP contribution is 2.35. The van der Waals surface area contributed by atoms with E-state index in [1.165, 1.54) is 0 Å². The van der Waals surface area contributed by atoms with E-state index in [4.69, 9.17) is 10.00 Å². The van der Waals surface area contributed by atoms with E-state index in [9.17, 15) is 33.6 Å². The number of fused-ring (bicyclic) bond motifs is 1. The maximum Gasteiger partial charge on any atom is 0.417 e. The Morgan fingerprint density at radius 3 is 2.27 bits per heavy atom. The minimum Gasteiger partial charge on any atom is -0.457 e. The maximum atomic E-state index is 13.0. The minimum absolute atomic E-state index is 0.0756. The summed E-state index contributed by atoms with van der Waals surface area (Å²) in [5.74, 6) is 0.405. The standard InChI is InChI=1S/C27H23F3N2O5/c28-27(29,30)23-9-8-21(11-16(23)12-31)37-20-6-4-18(5-7-20)32-13-17(10-19(35)14-33)26-22(25(36)15-34)2-1-3-24(26)32/h1-9,11,13,19,25,33-36H,10,14-15H2/t19-,25?/m0/s1. The number of benzene rings is 3. The smallest absolute Gasteiger partial charge is 0.417 e. The summed E-state index contributed by atoms with van der Waals surface area (Å²) in [6, 6.07) is 16.4. The molecule has 1 heterocycles. The monoisotopic (exact) mass is 512 g/mol. The topological polar surface area (TPSA) is 119 Å². The molecular weight excluding hydrogens is 489 g/mol. The van der Waals surface area contributed by atoms with Crippen LogP contribution in [0.2, 0.25) is 0 Å². The Morgan fingerprint density at radius 2 is 1.65 bits per heavy atom. The van der Waals surface area contributed by atoms with Crippen LogP contribution in [0.15, 0.2) is 66.9 Å². The largest absolute Gasteiger partial charge is 0.457 e. The SMILES string of the molecule is N#Cc1cc(Oc2ccc(-n3cc(C[C@H](O)CO)c4c(C(O)CO)cccc43)cc2)ccc1C(F)(F)F. The van der Waals surface area contributed by atoms with Crippen molar-refractivity contribution in [3.05, 3.63) is 89.1 Å². The lowest BCUT2D eigenvalue weighted by Gasteiger charge is -2.13. The zero-order chi connectivity index (χ0) is 26.7. The average molecular weight is 512 g/mol. The quantitative estimate of drug-likeness (QED) is 0.281. The zero-order valence-corrected chi connectivity index (χ0v) is 19.4. The molecule has 3 aromatic carbocycles. The van der Waals surface area contributed by atoms with Crippen LogP contribution >= 0.6 is 0 Å². The fraction of sp³-hybridized carbons (Fsp3) is 0.222. The molecule has 0 saturated heterocycles. The number of halogens is 3. The molecule has 4 rings (SSSR count). The van der Waals surface area contributed by atoms with E-state index in [0.717, 1.165) is 18.2 Å². The van der Waals surface area contributed by atoms with Gasteiger partial charge in [0.2, 0.25) is 0 Å². The molecule has 0 saturated carbocycles. The van der Waals surface area contributed by atoms with Gasteiger partial charge in [-0.25, -0.2) is 0 Å². The summed E-state index contributed by atoms with van der Waals surface area (Å²) in [7, 11) is 0. The lowest BCUT2D eigenvalue weighted by Crippen LogP contribution is -2.15. The molecular formula is C27H23F3N2O5. The molecule has 2 atom stereocenters. The van der Waals surface area contributed by atoms with Crippen LogP contribution in [-0.2, 0) is 12.6 Å². The summed E-state index contributed by atoms with van der Waals surface area (Å²) in [5, 5.41) is 48.9. The summed E-state index contributed by atoms with van der Waals surface area (Å²) < 4.78 is 46.6. The Morgan fingerprint density at radius 1 is 0.946 bits per heavy atom. The molecule has 0 fully saturated rings. The van der Waals surface area contributed by atoms with Crippen LogP contribution < -0.4 is 4.74 Å². The number of hydrogen-bond donors (Lipinski definition) is 4. The number of alkyl halides is 3. The second-order valence-electron chi connectivity index (χ2n) is 8.42. The van der Waals surface area contributed by atoms with E-state index in [0.29, 0.717) is 33.5 Å². The summed E-state index contributed by atoms with van der Waals surface area (Å²) in [6.07, 6.45) is -4.92. The first kappa shape index (κ1) is 26.2. The maximum absolute atomic E-state index is 13.0. The summed E-state index contributed by atoms with van der Waals surface area (Å²) in [4.78, 5) is 0. The second-order valence-corrected chi connectivity index (χ2v) is 8.42. The van der Waals surface area contributed by atoms with Crippen LogP contribution in [0.25, 0.3) is 16.6 Å². The van der Waals surface area contributed by atoms with Crippen LogP contribution in [0.3, 0.4) is 0 Å². The lowest BCUT2D eigenvalue weighted by molar-refractivity contribution is -0.137. The number of nitrogens with zero attached hydrogens (tertiary/aromatic N) is 2. The second kappa shape index (κ2) is 10.6. The predicted molar refractivity (Wildman–Crippen MR) is 128 cm³/mol. The normalized spacial score (nSPS) is 13.4. The van der Waals surface area contributed by atoms with Gasteiger partial charge in [0, 0.05) is 23.7 Å². The molecule has 0 amide bonds. The molecule has 4 aromatic rings. The third-order valence-corrected chi connectivity index (χ3v) is 5.91. The number of aliphatic hydroxyl groups is 4. The van der Waals surface area contributed by atoms with Crippen LogP contribution in [0.5, 0.6) is 11.5 Å². The number of ether oxygens (including phenoxy) is 1. The third-order valence-electron chi connectivity index (χ3n) is 5.91. The molecule has 4 N–H and O–H groups in total.